The van der Waals surface area contributed by atoms with Gasteiger partial charge < -0.3 is 10.1 Å². The number of carbonyl (C=O) groups is 1. The van der Waals surface area contributed by atoms with Crippen molar-refractivity contribution in [2.24, 2.45) is 0 Å². The van der Waals surface area contributed by atoms with E-state index in [-0.39, 0.29) is 12.3 Å². The molecule has 170 valence electrons. The van der Waals surface area contributed by atoms with Crippen molar-refractivity contribution in [3.05, 3.63) is 59.2 Å². The molecule has 7 nitrogen and oxygen atoms in total. The van der Waals surface area contributed by atoms with E-state index in [1.54, 1.807) is 32.0 Å². The van der Waals surface area contributed by atoms with Gasteiger partial charge in [0.25, 0.3) is 10.2 Å². The summed E-state index contributed by atoms with van der Waals surface area (Å²) in [6, 6.07) is 8.01. The molecule has 2 aromatic carbocycles. The minimum atomic E-state index is -4.51. The third-order valence-electron chi connectivity index (χ3n) is 5.08. The van der Waals surface area contributed by atoms with Crippen molar-refractivity contribution in [1.29, 1.82) is 0 Å². The predicted molar refractivity (Wildman–Crippen MR) is 113 cm³/mol. The number of carbonyl (C=O) groups excluding carboxylic acids is 1. The van der Waals surface area contributed by atoms with Crippen LogP contribution in [0.25, 0.3) is 5.57 Å². The summed E-state index contributed by atoms with van der Waals surface area (Å²) in [6.07, 6.45) is -2.87. The van der Waals surface area contributed by atoms with Gasteiger partial charge >= 0.3 is 6.18 Å². The van der Waals surface area contributed by atoms with E-state index >= 15 is 0 Å². The molecule has 0 bridgehead atoms. The van der Waals surface area contributed by atoms with Crippen molar-refractivity contribution >= 4 is 33.1 Å². The molecule has 2 aliphatic rings. The molecule has 0 aromatic heterocycles. The Balaban J connectivity index is 1.65. The van der Waals surface area contributed by atoms with Crippen LogP contribution in [0, 0.1) is 0 Å². The summed E-state index contributed by atoms with van der Waals surface area (Å²) in [5.74, 6) is -0.434. The average Bonchev–Trinajstić information content (AvgIpc) is 2.65. The molecule has 0 spiro atoms. The first-order valence-electron chi connectivity index (χ1n) is 9.64. The van der Waals surface area contributed by atoms with Crippen molar-refractivity contribution in [2.75, 3.05) is 10.0 Å². The molecule has 4 rings (SSSR count). The van der Waals surface area contributed by atoms with Crippen LogP contribution in [-0.4, -0.2) is 19.9 Å². The van der Waals surface area contributed by atoms with E-state index in [0.717, 1.165) is 12.1 Å². The fourth-order valence-corrected chi connectivity index (χ4v) is 4.62. The summed E-state index contributed by atoms with van der Waals surface area (Å²) >= 11 is 0. The zero-order valence-electron chi connectivity index (χ0n) is 17.1. The normalized spacial score (nSPS) is 19.8. The molecule has 0 aliphatic carbocycles. The van der Waals surface area contributed by atoms with Crippen molar-refractivity contribution in [3.63, 3.8) is 0 Å². The van der Waals surface area contributed by atoms with Gasteiger partial charge in [-0.2, -0.15) is 26.3 Å². The third kappa shape index (κ3) is 4.58. The van der Waals surface area contributed by atoms with E-state index in [0.29, 0.717) is 34.5 Å². The summed E-state index contributed by atoms with van der Waals surface area (Å²) < 4.78 is 73.1. The molecule has 0 radical (unpaired) electrons. The standard InChI is InChI=1S/C21H20F3N3O4S/c1-20(2)10-12(14-7-6-13(21(22,23)24)9-18(14)31-20)8-19(28)26-16-4-3-5-17-15(16)11-25-32(29,30)27-17/h3-9,25,27H,10-11H2,1-2H3,(H,26,28). The average molecular weight is 467 g/mol. The summed E-state index contributed by atoms with van der Waals surface area (Å²) in [7, 11) is -3.64. The highest BCUT2D eigenvalue weighted by Gasteiger charge is 2.35. The van der Waals surface area contributed by atoms with Gasteiger partial charge in [-0.1, -0.05) is 12.1 Å². The smallest absolute Gasteiger partial charge is 0.416 e. The van der Waals surface area contributed by atoms with Gasteiger partial charge in [-0.15, -0.1) is 0 Å². The lowest BCUT2D eigenvalue weighted by Gasteiger charge is -2.34. The molecule has 11 heteroatoms. The maximum atomic E-state index is 13.1. The number of alkyl halides is 3. The molecule has 2 heterocycles. The highest BCUT2D eigenvalue weighted by atomic mass is 32.2. The van der Waals surface area contributed by atoms with Crippen LogP contribution in [-0.2, 0) is 27.7 Å². The van der Waals surface area contributed by atoms with Crippen LogP contribution in [0.5, 0.6) is 5.75 Å². The molecule has 0 saturated carbocycles. The summed E-state index contributed by atoms with van der Waals surface area (Å²) in [6.45, 7) is 3.46. The number of hydrogen-bond donors (Lipinski definition) is 3. The molecule has 2 aliphatic heterocycles. The van der Waals surface area contributed by atoms with Crippen LogP contribution < -0.4 is 19.5 Å². The topological polar surface area (TPSA) is 96.5 Å². The molecule has 1 amide bonds. The van der Waals surface area contributed by atoms with Crippen molar-refractivity contribution < 1.29 is 31.1 Å². The van der Waals surface area contributed by atoms with Crippen LogP contribution >= 0.6 is 0 Å². The van der Waals surface area contributed by atoms with Crippen molar-refractivity contribution in [2.45, 2.75) is 38.6 Å². The Morgan fingerprint density at radius 3 is 2.69 bits per heavy atom. The molecule has 0 unspecified atom stereocenters. The third-order valence-corrected chi connectivity index (χ3v) is 6.09. The molecule has 2 aromatic rings. The number of ether oxygens (including phenoxy) is 1. The Morgan fingerprint density at radius 2 is 1.97 bits per heavy atom. The number of halogens is 3. The SMILES string of the molecule is CC1(C)CC(=CC(=O)Nc2cccc3c2CNS(=O)(=O)N3)c2ccc(C(F)(F)F)cc2O1. The van der Waals surface area contributed by atoms with Crippen LogP contribution in [0.3, 0.4) is 0 Å². The number of fused-ring (bicyclic) bond motifs is 2. The second kappa shape index (κ2) is 7.52. The van der Waals surface area contributed by atoms with Crippen LogP contribution in [0.4, 0.5) is 24.5 Å². The zero-order valence-corrected chi connectivity index (χ0v) is 17.9. The molecular weight excluding hydrogens is 447 g/mol. The molecule has 0 atom stereocenters. The van der Waals surface area contributed by atoms with E-state index < -0.39 is 33.5 Å². The Labute approximate surface area is 182 Å². The van der Waals surface area contributed by atoms with Gasteiger partial charge in [-0.05, 0) is 43.7 Å². The van der Waals surface area contributed by atoms with Crippen LogP contribution in [0.15, 0.2) is 42.5 Å². The maximum absolute atomic E-state index is 13.1. The molecule has 0 fully saturated rings. The Kier molecular flexibility index (Phi) is 5.21. The zero-order chi connectivity index (χ0) is 23.3. The van der Waals surface area contributed by atoms with Crippen LogP contribution in [0.1, 0.15) is 37.0 Å². The van der Waals surface area contributed by atoms with E-state index in [9.17, 15) is 26.4 Å². The number of benzene rings is 2. The largest absolute Gasteiger partial charge is 0.487 e. The Bertz CT molecular complexity index is 1240. The van der Waals surface area contributed by atoms with Gasteiger partial charge in [0.2, 0.25) is 5.91 Å². The minimum absolute atomic E-state index is 0.00160. The highest BCUT2D eigenvalue weighted by Crippen LogP contribution is 2.43. The van der Waals surface area contributed by atoms with Gasteiger partial charge in [-0.25, -0.2) is 0 Å². The lowest BCUT2D eigenvalue weighted by molar-refractivity contribution is -0.137. The lowest BCUT2D eigenvalue weighted by atomic mass is 9.88. The van der Waals surface area contributed by atoms with E-state index in [4.69, 9.17) is 4.74 Å². The number of nitrogens with one attached hydrogen (secondary N) is 3. The fraction of sp³-hybridized carbons (Fsp3) is 0.286. The van der Waals surface area contributed by atoms with E-state index in [1.807, 2.05) is 0 Å². The number of rotatable bonds is 2. The Morgan fingerprint density at radius 1 is 1.22 bits per heavy atom. The second-order valence-corrected chi connectivity index (χ2v) is 9.66. The second-order valence-electron chi connectivity index (χ2n) is 8.16. The number of amides is 1. The van der Waals surface area contributed by atoms with Gasteiger partial charge in [0.05, 0.1) is 11.3 Å². The molecular formula is C21H20F3N3O4S. The van der Waals surface area contributed by atoms with E-state index in [1.165, 1.54) is 12.1 Å². The Hall–Kier alpha value is -3.05. The fourth-order valence-electron chi connectivity index (χ4n) is 3.73. The minimum Gasteiger partial charge on any atom is -0.487 e. The summed E-state index contributed by atoms with van der Waals surface area (Å²) in [5, 5.41) is 2.73. The molecule has 32 heavy (non-hydrogen) atoms. The first-order valence-corrected chi connectivity index (χ1v) is 11.1. The summed E-state index contributed by atoms with van der Waals surface area (Å²) in [5.41, 5.74) is 0.644. The number of anilines is 2. The predicted octanol–water partition coefficient (Wildman–Crippen LogP) is 4.05. The monoisotopic (exact) mass is 467 g/mol. The first-order chi connectivity index (χ1) is 14.8. The van der Waals surface area contributed by atoms with E-state index in [2.05, 4.69) is 14.8 Å². The van der Waals surface area contributed by atoms with Crippen molar-refractivity contribution in [3.8, 4) is 5.75 Å². The maximum Gasteiger partial charge on any atom is 0.416 e. The van der Waals surface area contributed by atoms with Gasteiger partial charge in [0.1, 0.15) is 11.4 Å². The molecule has 0 saturated heterocycles. The lowest BCUT2D eigenvalue weighted by Crippen LogP contribution is -2.35. The highest BCUT2D eigenvalue weighted by molar-refractivity contribution is 7.90. The van der Waals surface area contributed by atoms with Gasteiger partial charge in [0.15, 0.2) is 0 Å². The molecule has 3 N–H and O–H groups in total. The number of hydrogen-bond acceptors (Lipinski definition) is 4. The summed E-state index contributed by atoms with van der Waals surface area (Å²) in [4.78, 5) is 12.8. The van der Waals surface area contributed by atoms with Crippen molar-refractivity contribution in [1.82, 2.24) is 4.72 Å². The van der Waals surface area contributed by atoms with Gasteiger partial charge in [-0.3, -0.25) is 9.52 Å². The van der Waals surface area contributed by atoms with Gasteiger partial charge in [0, 0.05) is 35.9 Å². The quantitative estimate of drug-likeness (QED) is 0.581. The van der Waals surface area contributed by atoms with Crippen LogP contribution in [0.2, 0.25) is 0 Å². The first kappa shape index (κ1) is 22.2.